The Hall–Kier alpha value is -0.570. The van der Waals surface area contributed by atoms with Gasteiger partial charge in [-0.25, -0.2) is 0 Å². The largest absolute Gasteiger partial charge is 0.342 e. The van der Waals surface area contributed by atoms with E-state index in [0.717, 1.165) is 32.5 Å². The third-order valence-electron chi connectivity index (χ3n) is 2.79. The number of hydrogen-bond donors (Lipinski definition) is 1. The van der Waals surface area contributed by atoms with E-state index in [9.17, 15) is 4.79 Å². The molecule has 1 aliphatic heterocycles. The van der Waals surface area contributed by atoms with E-state index in [-0.39, 0.29) is 11.3 Å². The molecule has 1 amide bonds. The highest BCUT2D eigenvalue weighted by molar-refractivity contribution is 5.81. The number of carbonyl (C=O) groups is 1. The van der Waals surface area contributed by atoms with Crippen molar-refractivity contribution in [2.75, 3.05) is 19.6 Å². The Labute approximate surface area is 86.6 Å². The minimum atomic E-state index is -0.238. The lowest BCUT2D eigenvalue weighted by Crippen LogP contribution is -2.37. The van der Waals surface area contributed by atoms with Crippen LogP contribution in [0.2, 0.25) is 0 Å². The molecule has 0 aliphatic carbocycles. The van der Waals surface area contributed by atoms with Crippen LogP contribution >= 0.6 is 0 Å². The van der Waals surface area contributed by atoms with Crippen molar-refractivity contribution >= 4 is 5.91 Å². The fourth-order valence-corrected chi connectivity index (χ4v) is 1.96. The third kappa shape index (κ3) is 2.71. The molecule has 1 unspecified atom stereocenters. The zero-order chi connectivity index (χ0) is 10.8. The molecule has 1 fully saturated rings. The van der Waals surface area contributed by atoms with Crippen LogP contribution in [-0.4, -0.2) is 30.4 Å². The maximum Gasteiger partial charge on any atom is 0.227 e. The van der Waals surface area contributed by atoms with Crippen molar-refractivity contribution in [1.29, 1.82) is 0 Å². The summed E-state index contributed by atoms with van der Waals surface area (Å²) in [6.45, 7) is 8.50. The average molecular weight is 198 g/mol. The normalized spacial score (nSPS) is 22.9. The van der Waals surface area contributed by atoms with Crippen LogP contribution in [0.1, 0.15) is 33.6 Å². The van der Waals surface area contributed by atoms with E-state index in [1.807, 2.05) is 25.7 Å². The van der Waals surface area contributed by atoms with Gasteiger partial charge in [-0.1, -0.05) is 20.8 Å². The van der Waals surface area contributed by atoms with E-state index < -0.39 is 0 Å². The van der Waals surface area contributed by atoms with Gasteiger partial charge in [0.1, 0.15) is 0 Å². The summed E-state index contributed by atoms with van der Waals surface area (Å²) in [4.78, 5) is 13.9. The zero-order valence-corrected chi connectivity index (χ0v) is 9.55. The molecule has 1 atom stereocenters. The summed E-state index contributed by atoms with van der Waals surface area (Å²) in [5, 5.41) is 0. The molecule has 2 N–H and O–H groups in total. The zero-order valence-electron chi connectivity index (χ0n) is 9.55. The molecule has 1 saturated heterocycles. The van der Waals surface area contributed by atoms with Gasteiger partial charge < -0.3 is 10.6 Å². The molecule has 0 aromatic carbocycles. The van der Waals surface area contributed by atoms with Gasteiger partial charge in [-0.05, 0) is 25.3 Å². The van der Waals surface area contributed by atoms with Crippen LogP contribution in [0, 0.1) is 11.3 Å². The highest BCUT2D eigenvalue weighted by Gasteiger charge is 2.32. The second-order valence-corrected chi connectivity index (χ2v) is 5.23. The summed E-state index contributed by atoms with van der Waals surface area (Å²) < 4.78 is 0. The van der Waals surface area contributed by atoms with Crippen molar-refractivity contribution in [2.24, 2.45) is 17.1 Å². The van der Waals surface area contributed by atoms with Crippen molar-refractivity contribution in [2.45, 2.75) is 33.6 Å². The van der Waals surface area contributed by atoms with E-state index in [2.05, 4.69) is 0 Å². The first-order valence-corrected chi connectivity index (χ1v) is 5.44. The molecule has 0 aromatic rings. The van der Waals surface area contributed by atoms with E-state index in [1.165, 1.54) is 0 Å². The Morgan fingerprint density at radius 3 is 2.64 bits per heavy atom. The minimum absolute atomic E-state index is 0.238. The molecule has 14 heavy (non-hydrogen) atoms. The van der Waals surface area contributed by atoms with Gasteiger partial charge in [-0.15, -0.1) is 0 Å². The predicted molar refractivity (Wildman–Crippen MR) is 57.8 cm³/mol. The Bertz CT molecular complexity index is 208. The van der Waals surface area contributed by atoms with Crippen molar-refractivity contribution < 1.29 is 4.79 Å². The molecular formula is C11H22N2O. The van der Waals surface area contributed by atoms with Crippen molar-refractivity contribution in [3.8, 4) is 0 Å². The second kappa shape index (κ2) is 4.30. The van der Waals surface area contributed by atoms with Crippen molar-refractivity contribution in [3.63, 3.8) is 0 Å². The molecule has 1 aliphatic rings. The van der Waals surface area contributed by atoms with Crippen LogP contribution in [0.4, 0.5) is 0 Å². The summed E-state index contributed by atoms with van der Waals surface area (Å²) in [7, 11) is 0. The van der Waals surface area contributed by atoms with Gasteiger partial charge in [-0.2, -0.15) is 0 Å². The lowest BCUT2D eigenvalue weighted by atomic mass is 9.95. The summed E-state index contributed by atoms with van der Waals surface area (Å²) in [6, 6.07) is 0. The van der Waals surface area contributed by atoms with E-state index in [1.54, 1.807) is 0 Å². The average Bonchev–Trinajstić information content (AvgIpc) is 2.50. The molecular weight excluding hydrogens is 176 g/mol. The summed E-state index contributed by atoms with van der Waals surface area (Å²) in [5.74, 6) is 0.906. The Balaban J connectivity index is 2.46. The maximum atomic E-state index is 11.9. The van der Waals surface area contributed by atoms with Crippen LogP contribution in [0.5, 0.6) is 0 Å². The lowest BCUT2D eigenvalue weighted by molar-refractivity contribution is -0.138. The van der Waals surface area contributed by atoms with Crippen molar-refractivity contribution in [1.82, 2.24) is 4.90 Å². The SMILES string of the molecule is CC(C)(C)C(=O)N1CCC(CCN)C1. The van der Waals surface area contributed by atoms with E-state index >= 15 is 0 Å². The molecule has 0 radical (unpaired) electrons. The van der Waals surface area contributed by atoms with Gasteiger partial charge in [0.05, 0.1) is 0 Å². The van der Waals surface area contributed by atoms with Crippen LogP contribution < -0.4 is 5.73 Å². The summed E-state index contributed by atoms with van der Waals surface area (Å²) >= 11 is 0. The number of rotatable bonds is 2. The molecule has 1 rings (SSSR count). The predicted octanol–water partition coefficient (Wildman–Crippen LogP) is 1.23. The first-order valence-electron chi connectivity index (χ1n) is 5.44. The first kappa shape index (κ1) is 11.5. The summed E-state index contributed by atoms with van der Waals surface area (Å²) in [6.07, 6.45) is 2.17. The number of nitrogens with zero attached hydrogens (tertiary/aromatic N) is 1. The number of hydrogen-bond acceptors (Lipinski definition) is 2. The molecule has 0 bridgehead atoms. The van der Waals surface area contributed by atoms with Crippen LogP contribution in [0.3, 0.4) is 0 Å². The molecule has 0 spiro atoms. The standard InChI is InChI=1S/C11H22N2O/c1-11(2,3)10(14)13-7-5-9(8-13)4-6-12/h9H,4-8,12H2,1-3H3. The van der Waals surface area contributed by atoms with Gasteiger partial charge in [0.2, 0.25) is 5.91 Å². The van der Waals surface area contributed by atoms with Gasteiger partial charge in [0, 0.05) is 18.5 Å². The van der Waals surface area contributed by atoms with Crippen molar-refractivity contribution in [3.05, 3.63) is 0 Å². The van der Waals surface area contributed by atoms with Gasteiger partial charge in [0.15, 0.2) is 0 Å². The molecule has 3 heteroatoms. The lowest BCUT2D eigenvalue weighted by Gasteiger charge is -2.25. The third-order valence-corrected chi connectivity index (χ3v) is 2.79. The number of nitrogens with two attached hydrogens (primary N) is 1. The molecule has 3 nitrogen and oxygen atoms in total. The van der Waals surface area contributed by atoms with Gasteiger partial charge >= 0.3 is 0 Å². The highest BCUT2D eigenvalue weighted by Crippen LogP contribution is 2.24. The number of likely N-dealkylation sites (tertiary alicyclic amines) is 1. The van der Waals surface area contributed by atoms with Crippen LogP contribution in [-0.2, 0) is 4.79 Å². The Kier molecular flexibility index (Phi) is 3.53. The van der Waals surface area contributed by atoms with Crippen LogP contribution in [0.15, 0.2) is 0 Å². The first-order chi connectivity index (χ1) is 6.45. The van der Waals surface area contributed by atoms with Gasteiger partial charge in [-0.3, -0.25) is 4.79 Å². The fourth-order valence-electron chi connectivity index (χ4n) is 1.96. The number of carbonyl (C=O) groups excluding carboxylic acids is 1. The topological polar surface area (TPSA) is 46.3 Å². The summed E-state index contributed by atoms with van der Waals surface area (Å²) in [5.41, 5.74) is 5.27. The quantitative estimate of drug-likeness (QED) is 0.725. The van der Waals surface area contributed by atoms with Gasteiger partial charge in [0.25, 0.3) is 0 Å². The second-order valence-electron chi connectivity index (χ2n) is 5.23. The smallest absolute Gasteiger partial charge is 0.227 e. The minimum Gasteiger partial charge on any atom is -0.342 e. The van der Waals surface area contributed by atoms with E-state index in [0.29, 0.717) is 5.92 Å². The molecule has 82 valence electrons. The monoisotopic (exact) mass is 198 g/mol. The molecule has 0 saturated carbocycles. The Morgan fingerprint density at radius 2 is 2.14 bits per heavy atom. The highest BCUT2D eigenvalue weighted by atomic mass is 16.2. The molecule has 1 heterocycles. The molecule has 0 aromatic heterocycles. The maximum absolute atomic E-state index is 11.9. The number of amides is 1. The van der Waals surface area contributed by atoms with Crippen LogP contribution in [0.25, 0.3) is 0 Å². The fraction of sp³-hybridized carbons (Fsp3) is 0.909. The Morgan fingerprint density at radius 1 is 1.50 bits per heavy atom. The van der Waals surface area contributed by atoms with E-state index in [4.69, 9.17) is 5.73 Å².